The van der Waals surface area contributed by atoms with Crippen molar-refractivity contribution in [2.45, 2.75) is 122 Å². The molecule has 214 valence electrons. The maximum atomic E-state index is 9.29. The zero-order valence-electron chi connectivity index (χ0n) is 24.6. The molecule has 3 nitrogen and oxygen atoms in total. The van der Waals surface area contributed by atoms with Crippen molar-refractivity contribution in [2.75, 3.05) is 13.2 Å². The number of unbranched alkanes of at least 4 members (excludes halogenated alkanes) is 10. The topological polar surface area (TPSA) is 66.5 Å². The van der Waals surface area contributed by atoms with Crippen molar-refractivity contribution in [1.29, 1.82) is 0 Å². The van der Waals surface area contributed by atoms with Crippen molar-refractivity contribution >= 4 is 6.08 Å². The second-order valence-electron chi connectivity index (χ2n) is 10.9. The van der Waals surface area contributed by atoms with Crippen LogP contribution in [0.25, 0.3) is 6.08 Å². The molecule has 0 bridgehead atoms. The minimum Gasteiger partial charge on any atom is -0.394 e. The monoisotopic (exact) mass is 523 g/mol. The Balaban J connectivity index is 0.000000399. The van der Waals surface area contributed by atoms with Crippen LogP contribution in [0.4, 0.5) is 0 Å². The van der Waals surface area contributed by atoms with Crippen LogP contribution in [0.3, 0.4) is 0 Å². The van der Waals surface area contributed by atoms with Gasteiger partial charge in [-0.05, 0) is 60.8 Å². The molecule has 0 aliphatic heterocycles. The maximum absolute atomic E-state index is 9.29. The van der Waals surface area contributed by atoms with Crippen LogP contribution in [0.2, 0.25) is 0 Å². The molecule has 2 aromatic carbocycles. The minimum atomic E-state index is -0.868. The van der Waals surface area contributed by atoms with Gasteiger partial charge >= 0.3 is 0 Å². The summed E-state index contributed by atoms with van der Waals surface area (Å²) >= 11 is 0. The van der Waals surface area contributed by atoms with Gasteiger partial charge in [0.15, 0.2) is 0 Å². The number of aliphatic hydroxyl groups is 2. The molecule has 0 aromatic heterocycles. The number of aryl methyl sites for hydroxylation is 3. The molecule has 4 N–H and O–H groups in total. The molecular formula is C35H57NO2. The Morgan fingerprint density at radius 2 is 1.13 bits per heavy atom. The summed E-state index contributed by atoms with van der Waals surface area (Å²) in [5, 5.41) is 18.6. The van der Waals surface area contributed by atoms with Crippen molar-refractivity contribution < 1.29 is 10.2 Å². The van der Waals surface area contributed by atoms with Gasteiger partial charge in [0.05, 0.1) is 18.8 Å². The van der Waals surface area contributed by atoms with E-state index in [-0.39, 0.29) is 13.2 Å². The lowest BCUT2D eigenvalue weighted by molar-refractivity contribution is 0.115. The number of nitrogens with two attached hydrogens (primary N) is 1. The van der Waals surface area contributed by atoms with Crippen LogP contribution in [0, 0.1) is 0 Å². The second kappa shape index (κ2) is 21.9. The average molecular weight is 524 g/mol. The van der Waals surface area contributed by atoms with Crippen LogP contribution in [0.15, 0.2) is 55.1 Å². The summed E-state index contributed by atoms with van der Waals surface area (Å²) in [6.45, 7) is 7.92. The molecule has 0 radical (unpaired) electrons. The lowest BCUT2D eigenvalue weighted by atomic mass is 9.91. The number of hydrogen-bond donors (Lipinski definition) is 3. The lowest BCUT2D eigenvalue weighted by Crippen LogP contribution is -2.47. The number of benzene rings is 2. The molecule has 0 atom stereocenters. The van der Waals surface area contributed by atoms with Gasteiger partial charge in [0, 0.05) is 0 Å². The molecule has 38 heavy (non-hydrogen) atoms. The Kier molecular flexibility index (Phi) is 19.7. The van der Waals surface area contributed by atoms with E-state index in [1.807, 2.05) is 6.08 Å². The molecule has 3 heteroatoms. The van der Waals surface area contributed by atoms with E-state index in [0.717, 1.165) is 12.8 Å². The average Bonchev–Trinajstić information content (AvgIpc) is 2.96. The van der Waals surface area contributed by atoms with Crippen LogP contribution in [0.5, 0.6) is 0 Å². The molecule has 0 fully saturated rings. The van der Waals surface area contributed by atoms with E-state index in [1.165, 1.54) is 106 Å². The van der Waals surface area contributed by atoms with Crippen molar-refractivity contribution in [3.05, 3.63) is 77.4 Å². The highest BCUT2D eigenvalue weighted by atomic mass is 16.3. The molecule has 0 amide bonds. The van der Waals surface area contributed by atoms with Gasteiger partial charge < -0.3 is 15.9 Å². The van der Waals surface area contributed by atoms with Crippen molar-refractivity contribution in [2.24, 2.45) is 5.73 Å². The van der Waals surface area contributed by atoms with Gasteiger partial charge in [-0.15, -0.1) is 0 Å². The Hall–Kier alpha value is -1.94. The molecule has 0 aliphatic rings. The van der Waals surface area contributed by atoms with Gasteiger partial charge in [0.1, 0.15) is 0 Å². The Labute approximate surface area is 234 Å². The van der Waals surface area contributed by atoms with Crippen LogP contribution in [0.1, 0.15) is 120 Å². The maximum Gasteiger partial charge on any atom is 0.0633 e. The summed E-state index contributed by atoms with van der Waals surface area (Å²) in [6.07, 6.45) is 21.7. The third kappa shape index (κ3) is 15.5. The zero-order chi connectivity index (χ0) is 27.9. The van der Waals surface area contributed by atoms with Crippen LogP contribution in [-0.2, 0) is 19.3 Å². The first-order valence-electron chi connectivity index (χ1n) is 15.3. The Morgan fingerprint density at radius 3 is 1.63 bits per heavy atom. The quantitative estimate of drug-likeness (QED) is 0.153. The van der Waals surface area contributed by atoms with Gasteiger partial charge in [-0.2, -0.15) is 0 Å². The molecule has 0 saturated carbocycles. The summed E-state index contributed by atoms with van der Waals surface area (Å²) in [5.74, 6) is 0. The predicted molar refractivity (Wildman–Crippen MR) is 167 cm³/mol. The third-order valence-corrected chi connectivity index (χ3v) is 7.47. The van der Waals surface area contributed by atoms with Crippen molar-refractivity contribution in [3.63, 3.8) is 0 Å². The molecular weight excluding hydrogens is 466 g/mol. The largest absolute Gasteiger partial charge is 0.394 e. The van der Waals surface area contributed by atoms with Crippen molar-refractivity contribution in [3.8, 4) is 0 Å². The normalized spacial score (nSPS) is 11.2. The minimum absolute atomic E-state index is 0.177. The lowest BCUT2D eigenvalue weighted by Gasteiger charge is -2.25. The number of rotatable bonds is 20. The van der Waals surface area contributed by atoms with E-state index in [9.17, 15) is 10.2 Å². The van der Waals surface area contributed by atoms with Gasteiger partial charge in [-0.3, -0.25) is 0 Å². The standard InChI is InChI=1S/C19H33NO2.C16H24/c1-2-3-4-5-6-7-10-17-11-8-9-12-18(17)13-14-19(20,15-21)16-22;1-3-5-6-7-8-9-10-16-13-11-15(4-2)12-14-16/h8-9,11-12,21-22H,2-7,10,13-16,20H2,1H3;4,11-14H,2-3,5-10H2,1H3. The van der Waals surface area contributed by atoms with Crippen LogP contribution < -0.4 is 5.73 Å². The van der Waals surface area contributed by atoms with Gasteiger partial charge in [-0.25, -0.2) is 0 Å². The summed E-state index contributed by atoms with van der Waals surface area (Å²) in [5.41, 5.74) is 10.5. The highest BCUT2D eigenvalue weighted by molar-refractivity contribution is 5.47. The first kappa shape index (κ1) is 34.1. The van der Waals surface area contributed by atoms with E-state index < -0.39 is 5.54 Å². The molecule has 0 spiro atoms. The molecule has 0 saturated heterocycles. The van der Waals surface area contributed by atoms with Gasteiger partial charge in [0.2, 0.25) is 0 Å². The van der Waals surface area contributed by atoms with Crippen LogP contribution in [-0.4, -0.2) is 29.0 Å². The third-order valence-electron chi connectivity index (χ3n) is 7.47. The first-order chi connectivity index (χ1) is 18.5. The zero-order valence-corrected chi connectivity index (χ0v) is 24.6. The Bertz CT molecular complexity index is 826. The van der Waals surface area contributed by atoms with Crippen LogP contribution >= 0.6 is 0 Å². The van der Waals surface area contributed by atoms with Gasteiger partial charge in [-0.1, -0.05) is 139 Å². The highest BCUT2D eigenvalue weighted by Crippen LogP contribution is 2.18. The first-order valence-corrected chi connectivity index (χ1v) is 15.3. The van der Waals surface area contributed by atoms with E-state index in [1.54, 1.807) is 0 Å². The fraction of sp³-hybridized carbons (Fsp3) is 0.600. The molecule has 0 heterocycles. The Morgan fingerprint density at radius 1 is 0.658 bits per heavy atom. The highest BCUT2D eigenvalue weighted by Gasteiger charge is 2.22. The molecule has 0 aliphatic carbocycles. The fourth-order valence-corrected chi connectivity index (χ4v) is 4.66. The predicted octanol–water partition coefficient (Wildman–Crippen LogP) is 8.44. The summed E-state index contributed by atoms with van der Waals surface area (Å²) in [6, 6.07) is 17.2. The molecule has 2 rings (SSSR count). The second-order valence-corrected chi connectivity index (χ2v) is 10.9. The van der Waals surface area contributed by atoms with Gasteiger partial charge in [0.25, 0.3) is 0 Å². The number of hydrogen-bond acceptors (Lipinski definition) is 3. The van der Waals surface area contributed by atoms with E-state index in [4.69, 9.17) is 5.73 Å². The van der Waals surface area contributed by atoms with E-state index in [0.29, 0.717) is 6.42 Å². The molecule has 2 aromatic rings. The SMILES string of the molecule is C=Cc1ccc(CCCCCCCC)cc1.CCCCCCCCc1ccccc1CCC(N)(CO)CO. The smallest absolute Gasteiger partial charge is 0.0633 e. The summed E-state index contributed by atoms with van der Waals surface area (Å²) in [7, 11) is 0. The number of aliphatic hydroxyl groups excluding tert-OH is 2. The fourth-order valence-electron chi connectivity index (χ4n) is 4.66. The molecule has 0 unspecified atom stereocenters. The van der Waals surface area contributed by atoms with Crippen molar-refractivity contribution in [1.82, 2.24) is 0 Å². The van der Waals surface area contributed by atoms with E-state index in [2.05, 4.69) is 69.0 Å². The van der Waals surface area contributed by atoms with E-state index >= 15 is 0 Å². The summed E-state index contributed by atoms with van der Waals surface area (Å²) < 4.78 is 0. The summed E-state index contributed by atoms with van der Waals surface area (Å²) in [4.78, 5) is 0.